The van der Waals surface area contributed by atoms with Crippen molar-refractivity contribution in [2.75, 3.05) is 12.0 Å². The summed E-state index contributed by atoms with van der Waals surface area (Å²) in [4.78, 5) is 28.6. The Morgan fingerprint density at radius 3 is 2.65 bits per heavy atom. The second-order valence-corrected chi connectivity index (χ2v) is 7.14. The third-order valence-corrected chi connectivity index (χ3v) is 3.90. The number of benzene rings is 1. The fourth-order valence-corrected chi connectivity index (χ4v) is 2.44. The van der Waals surface area contributed by atoms with E-state index < -0.39 is 23.6 Å². The number of rotatable bonds is 6. The fourth-order valence-electron chi connectivity index (χ4n) is 2.44. The van der Waals surface area contributed by atoms with Gasteiger partial charge in [-0.1, -0.05) is 39.5 Å². The van der Waals surface area contributed by atoms with Crippen molar-refractivity contribution in [3.8, 4) is 0 Å². The number of aliphatic hydroxyl groups is 1. The maximum absolute atomic E-state index is 12.9. The largest absolute Gasteiger partial charge is 0.456 e. The Bertz CT molecular complexity index is 867. The van der Waals surface area contributed by atoms with E-state index in [2.05, 4.69) is 17.0 Å². The molecule has 0 saturated carbocycles. The van der Waals surface area contributed by atoms with Crippen LogP contribution in [0.5, 0.6) is 0 Å². The van der Waals surface area contributed by atoms with Gasteiger partial charge in [-0.25, -0.2) is 9.66 Å². The molecule has 0 radical (unpaired) electrons. The molecule has 0 bridgehead atoms. The van der Waals surface area contributed by atoms with Gasteiger partial charge in [0, 0.05) is 6.92 Å². The van der Waals surface area contributed by atoms with Crippen molar-refractivity contribution in [3.63, 3.8) is 0 Å². The molecular formula is C19H25N3O4. The number of ether oxygens (including phenoxy) is 1. The molecule has 0 aliphatic rings. The molecule has 7 heteroatoms. The van der Waals surface area contributed by atoms with Crippen LogP contribution in [0.3, 0.4) is 0 Å². The number of esters is 1. The lowest BCUT2D eigenvalue weighted by molar-refractivity contribution is -0.143. The van der Waals surface area contributed by atoms with E-state index >= 15 is 0 Å². The van der Waals surface area contributed by atoms with Gasteiger partial charge in [0.1, 0.15) is 12.2 Å². The van der Waals surface area contributed by atoms with Gasteiger partial charge >= 0.3 is 5.97 Å². The average molecular weight is 359 g/mol. The molecule has 2 N–H and O–H groups in total. The molecule has 0 aliphatic carbocycles. The number of carbonyl (C=O) groups excluding carboxylic acids is 1. The predicted molar refractivity (Wildman–Crippen MR) is 100 cm³/mol. The first-order valence-electron chi connectivity index (χ1n) is 8.38. The molecule has 0 aliphatic heterocycles. The van der Waals surface area contributed by atoms with Gasteiger partial charge in [-0.2, -0.15) is 0 Å². The SMILES string of the molecule is C=C[C@H](CNn1c([C@@H](O)C(C)(C)C)nc2ccccc2c1=O)OC(C)=O. The highest BCUT2D eigenvalue weighted by atomic mass is 16.5. The quantitative estimate of drug-likeness (QED) is 0.606. The zero-order valence-corrected chi connectivity index (χ0v) is 15.5. The van der Waals surface area contributed by atoms with E-state index in [1.54, 1.807) is 24.3 Å². The summed E-state index contributed by atoms with van der Waals surface area (Å²) in [6, 6.07) is 6.94. The van der Waals surface area contributed by atoms with Crippen molar-refractivity contribution in [3.05, 3.63) is 53.1 Å². The minimum absolute atomic E-state index is 0.118. The Balaban J connectivity index is 2.51. The first-order chi connectivity index (χ1) is 12.1. The molecule has 0 fully saturated rings. The number of nitrogens with one attached hydrogen (secondary N) is 1. The lowest BCUT2D eigenvalue weighted by Crippen LogP contribution is -2.39. The van der Waals surface area contributed by atoms with E-state index in [9.17, 15) is 14.7 Å². The normalized spacial score (nSPS) is 13.9. The Morgan fingerprint density at radius 1 is 1.42 bits per heavy atom. The number of aromatic nitrogens is 2. The molecule has 2 rings (SSSR count). The van der Waals surface area contributed by atoms with Crippen LogP contribution in [0, 0.1) is 5.41 Å². The summed E-state index contributed by atoms with van der Waals surface area (Å²) in [5, 5.41) is 11.1. The Hall–Kier alpha value is -2.67. The number of hydrogen-bond donors (Lipinski definition) is 2. The summed E-state index contributed by atoms with van der Waals surface area (Å²) in [6.45, 7) is 10.6. The van der Waals surface area contributed by atoms with Crippen molar-refractivity contribution in [1.29, 1.82) is 0 Å². The zero-order valence-electron chi connectivity index (χ0n) is 15.5. The Kier molecular flexibility index (Phi) is 5.82. The minimum Gasteiger partial charge on any atom is -0.456 e. The number of para-hydroxylation sites is 1. The standard InChI is InChI=1S/C19H25N3O4/c1-6-13(26-12(2)23)11-20-22-17(16(24)19(3,4)5)21-15-10-8-7-9-14(15)18(22)25/h6-10,13,16,20,24H,1,11H2,2-5H3/t13-,16-/m1/s1. The average Bonchev–Trinajstić information content (AvgIpc) is 2.57. The highest BCUT2D eigenvalue weighted by Gasteiger charge is 2.29. The van der Waals surface area contributed by atoms with Crippen LogP contribution >= 0.6 is 0 Å². The number of hydrogen-bond acceptors (Lipinski definition) is 6. The zero-order chi connectivity index (χ0) is 19.5. The van der Waals surface area contributed by atoms with E-state index in [0.717, 1.165) is 0 Å². The second kappa shape index (κ2) is 7.70. The minimum atomic E-state index is -0.983. The van der Waals surface area contributed by atoms with E-state index in [0.29, 0.717) is 10.9 Å². The number of carbonyl (C=O) groups is 1. The fraction of sp³-hybridized carbons (Fsp3) is 0.421. The monoisotopic (exact) mass is 359 g/mol. The van der Waals surface area contributed by atoms with Crippen LogP contribution in [0.2, 0.25) is 0 Å². The summed E-state index contributed by atoms with van der Waals surface area (Å²) >= 11 is 0. The second-order valence-electron chi connectivity index (χ2n) is 7.14. The van der Waals surface area contributed by atoms with Gasteiger partial charge in [-0.3, -0.25) is 9.59 Å². The molecule has 2 atom stereocenters. The van der Waals surface area contributed by atoms with Gasteiger partial charge in [0.15, 0.2) is 5.82 Å². The summed E-state index contributed by atoms with van der Waals surface area (Å²) in [7, 11) is 0. The number of fused-ring (bicyclic) bond motifs is 1. The predicted octanol–water partition coefficient (Wildman–Crippen LogP) is 2.14. The maximum Gasteiger partial charge on any atom is 0.303 e. The van der Waals surface area contributed by atoms with E-state index in [-0.39, 0.29) is 17.9 Å². The van der Waals surface area contributed by atoms with E-state index in [4.69, 9.17) is 4.74 Å². The van der Waals surface area contributed by atoms with Crippen LogP contribution < -0.4 is 11.0 Å². The van der Waals surface area contributed by atoms with Crippen LogP contribution in [-0.4, -0.2) is 33.4 Å². The summed E-state index contributed by atoms with van der Waals surface area (Å²) in [5.41, 5.74) is 2.56. The van der Waals surface area contributed by atoms with Crippen molar-refractivity contribution < 1.29 is 14.6 Å². The van der Waals surface area contributed by atoms with E-state index in [1.807, 2.05) is 20.8 Å². The van der Waals surface area contributed by atoms with Gasteiger partial charge in [-0.15, -0.1) is 0 Å². The molecule has 0 unspecified atom stereocenters. The summed E-state index contributed by atoms with van der Waals surface area (Å²) in [5.74, 6) is -0.248. The lowest BCUT2D eigenvalue weighted by atomic mass is 9.88. The van der Waals surface area contributed by atoms with Crippen LogP contribution in [0.15, 0.2) is 41.7 Å². The first-order valence-corrected chi connectivity index (χ1v) is 8.38. The van der Waals surface area contributed by atoms with Crippen LogP contribution in [-0.2, 0) is 9.53 Å². The van der Waals surface area contributed by atoms with Crippen molar-refractivity contribution in [1.82, 2.24) is 9.66 Å². The Morgan fingerprint density at radius 2 is 2.08 bits per heavy atom. The highest BCUT2D eigenvalue weighted by molar-refractivity contribution is 5.77. The molecule has 7 nitrogen and oxygen atoms in total. The summed E-state index contributed by atoms with van der Waals surface area (Å²) in [6.07, 6.45) is -0.137. The van der Waals surface area contributed by atoms with Gasteiger partial charge < -0.3 is 15.3 Å². The third-order valence-electron chi connectivity index (χ3n) is 3.90. The molecule has 1 heterocycles. The van der Waals surface area contributed by atoms with Gasteiger partial charge in [0.25, 0.3) is 5.56 Å². The van der Waals surface area contributed by atoms with Crippen molar-refractivity contribution >= 4 is 16.9 Å². The molecule has 26 heavy (non-hydrogen) atoms. The number of aliphatic hydroxyl groups excluding tert-OH is 1. The molecular weight excluding hydrogens is 334 g/mol. The molecule has 0 spiro atoms. The smallest absolute Gasteiger partial charge is 0.303 e. The van der Waals surface area contributed by atoms with Gasteiger partial charge in [0.05, 0.1) is 17.4 Å². The molecule has 0 amide bonds. The highest BCUT2D eigenvalue weighted by Crippen LogP contribution is 2.31. The first kappa shape index (κ1) is 19.7. The third kappa shape index (κ3) is 4.29. The van der Waals surface area contributed by atoms with Gasteiger partial charge in [-0.05, 0) is 23.6 Å². The molecule has 0 saturated heterocycles. The van der Waals surface area contributed by atoms with Crippen molar-refractivity contribution in [2.24, 2.45) is 5.41 Å². The Labute approximate surface area is 152 Å². The molecule has 1 aromatic carbocycles. The summed E-state index contributed by atoms with van der Waals surface area (Å²) < 4.78 is 6.32. The van der Waals surface area contributed by atoms with Gasteiger partial charge in [0.2, 0.25) is 0 Å². The maximum atomic E-state index is 12.9. The van der Waals surface area contributed by atoms with E-state index in [1.165, 1.54) is 17.7 Å². The lowest BCUT2D eigenvalue weighted by Gasteiger charge is -2.28. The molecule has 1 aromatic heterocycles. The number of nitrogens with zero attached hydrogens (tertiary/aromatic N) is 2. The molecule has 140 valence electrons. The van der Waals surface area contributed by atoms with Crippen molar-refractivity contribution in [2.45, 2.75) is 39.9 Å². The topological polar surface area (TPSA) is 93.5 Å². The van der Waals surface area contributed by atoms with Crippen LogP contribution in [0.1, 0.15) is 39.6 Å². The van der Waals surface area contributed by atoms with Crippen LogP contribution in [0.25, 0.3) is 10.9 Å². The molecule has 2 aromatic rings. The van der Waals surface area contributed by atoms with Crippen LogP contribution in [0.4, 0.5) is 0 Å².